The minimum Gasteiger partial charge on any atom is -0.489 e. The van der Waals surface area contributed by atoms with Gasteiger partial charge >= 0.3 is 5.97 Å². The van der Waals surface area contributed by atoms with E-state index >= 15 is 0 Å². The first-order valence-electron chi connectivity index (χ1n) is 5.95. The van der Waals surface area contributed by atoms with Gasteiger partial charge in [-0.3, -0.25) is 0 Å². The molecular weight excluding hydrogens is 270 g/mol. The zero-order valence-corrected chi connectivity index (χ0v) is 11.0. The minimum atomic E-state index is -4.02. The fourth-order valence-corrected chi connectivity index (χ4v) is 2.83. The number of hydrogen-bond donors (Lipinski definition) is 2. The van der Waals surface area contributed by atoms with E-state index in [4.69, 9.17) is 15.0 Å². The van der Waals surface area contributed by atoms with Crippen LogP contribution in [-0.2, 0) is 10.0 Å². The third-order valence-electron chi connectivity index (χ3n) is 3.09. The molecule has 19 heavy (non-hydrogen) atoms. The van der Waals surface area contributed by atoms with Crippen molar-refractivity contribution < 1.29 is 23.1 Å². The highest BCUT2D eigenvalue weighted by molar-refractivity contribution is 7.89. The quantitative estimate of drug-likeness (QED) is 0.868. The molecule has 2 rings (SSSR count). The first kappa shape index (κ1) is 13.8. The van der Waals surface area contributed by atoms with Gasteiger partial charge in [0.25, 0.3) is 0 Å². The number of carboxylic acid groups (broad SMARTS) is 1. The van der Waals surface area contributed by atoms with E-state index < -0.39 is 16.0 Å². The first-order valence-corrected chi connectivity index (χ1v) is 7.49. The molecule has 0 atom stereocenters. The van der Waals surface area contributed by atoms with Crippen molar-refractivity contribution in [3.8, 4) is 5.75 Å². The Bertz CT molecular complexity index is 590. The number of hydrogen-bond acceptors (Lipinski definition) is 4. The molecule has 0 spiro atoms. The van der Waals surface area contributed by atoms with E-state index in [1.54, 1.807) is 0 Å². The van der Waals surface area contributed by atoms with Crippen LogP contribution >= 0.6 is 0 Å². The second kappa shape index (κ2) is 5.18. The van der Waals surface area contributed by atoms with Crippen LogP contribution in [0.15, 0.2) is 23.1 Å². The summed E-state index contributed by atoms with van der Waals surface area (Å²) in [4.78, 5) is 10.6. The van der Waals surface area contributed by atoms with Crippen LogP contribution in [0.1, 0.15) is 36.0 Å². The fraction of sp³-hybridized carbons (Fsp3) is 0.417. The van der Waals surface area contributed by atoms with E-state index in [0.29, 0.717) is 0 Å². The van der Waals surface area contributed by atoms with Gasteiger partial charge in [0.05, 0.1) is 11.7 Å². The highest BCUT2D eigenvalue weighted by atomic mass is 32.2. The molecule has 0 radical (unpaired) electrons. The maximum atomic E-state index is 11.5. The van der Waals surface area contributed by atoms with E-state index in [1.807, 2.05) is 0 Å². The van der Waals surface area contributed by atoms with Crippen molar-refractivity contribution in [3.63, 3.8) is 0 Å². The van der Waals surface area contributed by atoms with Gasteiger partial charge < -0.3 is 9.84 Å². The molecule has 1 aliphatic rings. The maximum absolute atomic E-state index is 11.5. The zero-order chi connectivity index (χ0) is 14.0. The van der Waals surface area contributed by atoms with Crippen molar-refractivity contribution in [2.45, 2.75) is 36.7 Å². The summed E-state index contributed by atoms with van der Waals surface area (Å²) in [6.07, 6.45) is 3.79. The van der Waals surface area contributed by atoms with Crippen LogP contribution in [0.2, 0.25) is 0 Å². The van der Waals surface area contributed by atoms with Gasteiger partial charge in [0, 0.05) is 0 Å². The summed E-state index contributed by atoms with van der Waals surface area (Å²) in [6.45, 7) is 0. The summed E-state index contributed by atoms with van der Waals surface area (Å²) >= 11 is 0. The Hall–Kier alpha value is -1.60. The SMILES string of the molecule is NS(=O)(=O)c1cc(C(=O)O)ccc1OC1CCCC1. The van der Waals surface area contributed by atoms with Gasteiger partial charge in [-0.1, -0.05) is 0 Å². The number of sulfonamides is 1. The van der Waals surface area contributed by atoms with E-state index in [9.17, 15) is 13.2 Å². The van der Waals surface area contributed by atoms with Gasteiger partial charge in [-0.2, -0.15) is 0 Å². The Morgan fingerprint density at radius 1 is 1.32 bits per heavy atom. The van der Waals surface area contributed by atoms with E-state index in [-0.39, 0.29) is 22.3 Å². The molecule has 0 aromatic heterocycles. The number of benzene rings is 1. The predicted octanol–water partition coefficient (Wildman–Crippen LogP) is 1.35. The van der Waals surface area contributed by atoms with Crippen LogP contribution in [0.5, 0.6) is 5.75 Å². The summed E-state index contributed by atoms with van der Waals surface area (Å²) in [7, 11) is -4.02. The van der Waals surface area contributed by atoms with Crippen LogP contribution in [0.25, 0.3) is 0 Å². The van der Waals surface area contributed by atoms with E-state index in [0.717, 1.165) is 31.7 Å². The monoisotopic (exact) mass is 285 g/mol. The van der Waals surface area contributed by atoms with Crippen molar-refractivity contribution >= 4 is 16.0 Å². The maximum Gasteiger partial charge on any atom is 0.335 e. The smallest absolute Gasteiger partial charge is 0.335 e. The van der Waals surface area contributed by atoms with Crippen LogP contribution in [0, 0.1) is 0 Å². The topological polar surface area (TPSA) is 107 Å². The Morgan fingerprint density at radius 3 is 2.47 bits per heavy atom. The number of ether oxygens (including phenoxy) is 1. The number of carbonyl (C=O) groups is 1. The van der Waals surface area contributed by atoms with Gasteiger partial charge in [-0.25, -0.2) is 18.4 Å². The second-order valence-electron chi connectivity index (χ2n) is 4.54. The number of aromatic carboxylic acids is 1. The Kier molecular flexibility index (Phi) is 3.77. The molecule has 1 aromatic carbocycles. The molecule has 6 nitrogen and oxygen atoms in total. The van der Waals surface area contributed by atoms with Gasteiger partial charge in [-0.15, -0.1) is 0 Å². The molecule has 0 bridgehead atoms. The van der Waals surface area contributed by atoms with Crippen LogP contribution in [0.4, 0.5) is 0 Å². The second-order valence-corrected chi connectivity index (χ2v) is 6.07. The van der Waals surface area contributed by atoms with Gasteiger partial charge in [-0.05, 0) is 43.9 Å². The zero-order valence-electron chi connectivity index (χ0n) is 10.2. The largest absolute Gasteiger partial charge is 0.489 e. The van der Waals surface area contributed by atoms with Crippen molar-refractivity contribution in [1.82, 2.24) is 0 Å². The van der Waals surface area contributed by atoms with Crippen LogP contribution in [-0.4, -0.2) is 25.6 Å². The average Bonchev–Trinajstić information content (AvgIpc) is 2.80. The van der Waals surface area contributed by atoms with Gasteiger partial charge in [0.15, 0.2) is 0 Å². The standard InChI is InChI=1S/C12H15NO5S/c13-19(16,17)11-7-8(12(14)15)5-6-10(11)18-9-3-1-2-4-9/h5-7,9H,1-4H2,(H,14,15)(H2,13,16,17). The Morgan fingerprint density at radius 2 is 1.95 bits per heavy atom. The van der Waals surface area contributed by atoms with Crippen molar-refractivity contribution in [2.75, 3.05) is 0 Å². The first-order chi connectivity index (χ1) is 8.88. The highest BCUT2D eigenvalue weighted by Crippen LogP contribution is 2.29. The molecule has 0 saturated heterocycles. The summed E-state index contributed by atoms with van der Waals surface area (Å²) in [5.74, 6) is -1.09. The summed E-state index contributed by atoms with van der Waals surface area (Å²) in [5, 5.41) is 14.0. The Labute approximate surface area is 111 Å². The minimum absolute atomic E-state index is 0.0313. The predicted molar refractivity (Wildman–Crippen MR) is 67.7 cm³/mol. The lowest BCUT2D eigenvalue weighted by Crippen LogP contribution is -2.18. The number of nitrogens with two attached hydrogens (primary N) is 1. The molecule has 7 heteroatoms. The number of primary sulfonamides is 1. The molecule has 0 amide bonds. The molecule has 104 valence electrons. The number of rotatable bonds is 4. The third kappa shape index (κ3) is 3.24. The lowest BCUT2D eigenvalue weighted by molar-refractivity contribution is 0.0696. The van der Waals surface area contributed by atoms with Crippen molar-refractivity contribution in [3.05, 3.63) is 23.8 Å². The molecule has 1 aromatic rings. The van der Waals surface area contributed by atoms with Crippen molar-refractivity contribution in [1.29, 1.82) is 0 Å². The van der Waals surface area contributed by atoms with E-state index in [1.165, 1.54) is 12.1 Å². The van der Waals surface area contributed by atoms with E-state index in [2.05, 4.69) is 0 Å². The molecule has 1 fully saturated rings. The van der Waals surface area contributed by atoms with Crippen molar-refractivity contribution in [2.24, 2.45) is 5.14 Å². The van der Waals surface area contributed by atoms with Gasteiger partial charge in [0.2, 0.25) is 10.0 Å². The molecular formula is C12H15NO5S. The summed E-state index contributed by atoms with van der Waals surface area (Å²) < 4.78 is 28.6. The number of carboxylic acids is 1. The lowest BCUT2D eigenvalue weighted by Gasteiger charge is -2.15. The lowest BCUT2D eigenvalue weighted by atomic mass is 10.2. The fourth-order valence-electron chi connectivity index (χ4n) is 2.15. The average molecular weight is 285 g/mol. The molecule has 1 saturated carbocycles. The molecule has 1 aliphatic carbocycles. The summed E-state index contributed by atoms with van der Waals surface area (Å²) in [6, 6.07) is 3.69. The van der Waals surface area contributed by atoms with Gasteiger partial charge in [0.1, 0.15) is 10.6 Å². The molecule has 0 unspecified atom stereocenters. The highest BCUT2D eigenvalue weighted by Gasteiger charge is 2.22. The molecule has 3 N–H and O–H groups in total. The third-order valence-corrected chi connectivity index (χ3v) is 4.03. The Balaban J connectivity index is 2.39. The van der Waals surface area contributed by atoms with Crippen LogP contribution < -0.4 is 9.88 Å². The normalized spacial score (nSPS) is 16.5. The molecule has 0 heterocycles. The molecule has 0 aliphatic heterocycles. The summed E-state index contributed by atoms with van der Waals surface area (Å²) in [5.41, 5.74) is -0.136. The van der Waals surface area contributed by atoms with Crippen LogP contribution in [0.3, 0.4) is 0 Å².